The van der Waals surface area contributed by atoms with E-state index in [9.17, 15) is 13.2 Å². The van der Waals surface area contributed by atoms with Gasteiger partial charge in [0, 0.05) is 43.9 Å². The van der Waals surface area contributed by atoms with Crippen molar-refractivity contribution in [3.63, 3.8) is 0 Å². The largest absolute Gasteiger partial charge is 0.373 e. The summed E-state index contributed by atoms with van der Waals surface area (Å²) in [5.74, 6) is 1.49. The molecule has 2 atom stereocenters. The lowest BCUT2D eigenvalue weighted by Crippen LogP contribution is -2.50. The molecular formula is C19H25N5O4S. The van der Waals surface area contributed by atoms with Gasteiger partial charge in [0.15, 0.2) is 5.69 Å². The number of hydrogen-bond donors (Lipinski definition) is 2. The predicted molar refractivity (Wildman–Crippen MR) is 106 cm³/mol. The molecule has 2 aliphatic rings. The lowest BCUT2D eigenvalue weighted by atomic mass is 10.0. The third kappa shape index (κ3) is 4.13. The van der Waals surface area contributed by atoms with Crippen LogP contribution in [0.5, 0.6) is 0 Å². The Morgan fingerprint density at radius 3 is 2.69 bits per heavy atom. The topological polar surface area (TPSA) is 117 Å². The molecule has 1 aliphatic carbocycles. The van der Waals surface area contributed by atoms with Crippen LogP contribution < -0.4 is 10.6 Å². The Morgan fingerprint density at radius 2 is 2.07 bits per heavy atom. The van der Waals surface area contributed by atoms with Crippen LogP contribution in [0.2, 0.25) is 0 Å². The molecule has 9 nitrogen and oxygen atoms in total. The summed E-state index contributed by atoms with van der Waals surface area (Å²) in [5, 5.41) is 9.70. The molecule has 3 heterocycles. The highest BCUT2D eigenvalue weighted by Gasteiger charge is 2.36. The van der Waals surface area contributed by atoms with Crippen LogP contribution in [0.25, 0.3) is 0 Å². The van der Waals surface area contributed by atoms with Crippen LogP contribution in [0.4, 0.5) is 5.82 Å². The van der Waals surface area contributed by atoms with E-state index < -0.39 is 10.0 Å². The number of carbonyl (C=O) groups is 1. The Kier molecular flexibility index (Phi) is 5.30. The number of rotatable bonds is 6. The number of anilines is 1. The van der Waals surface area contributed by atoms with Gasteiger partial charge in [-0.15, -0.1) is 0 Å². The summed E-state index contributed by atoms with van der Waals surface area (Å²) in [7, 11) is -1.91. The molecule has 0 unspecified atom stereocenters. The first-order valence-electron chi connectivity index (χ1n) is 9.81. The summed E-state index contributed by atoms with van der Waals surface area (Å²) in [6, 6.07) is 4.53. The highest BCUT2D eigenvalue weighted by Crippen LogP contribution is 2.40. The second kappa shape index (κ2) is 7.75. The van der Waals surface area contributed by atoms with Crippen LogP contribution in [-0.4, -0.2) is 54.4 Å². The van der Waals surface area contributed by atoms with E-state index >= 15 is 0 Å². The fraction of sp³-hybridized carbons (Fsp3) is 0.526. The molecule has 4 rings (SSSR count). The Labute approximate surface area is 169 Å². The number of aromatic nitrogens is 2. The molecule has 1 amide bonds. The lowest BCUT2D eigenvalue weighted by molar-refractivity contribution is 0.0905. The molecular weight excluding hydrogens is 394 g/mol. The third-order valence-electron chi connectivity index (χ3n) is 5.49. The van der Waals surface area contributed by atoms with E-state index in [-0.39, 0.29) is 28.6 Å². The summed E-state index contributed by atoms with van der Waals surface area (Å²) in [5.41, 5.74) is 0.283. The van der Waals surface area contributed by atoms with Crippen molar-refractivity contribution in [2.24, 2.45) is 0 Å². The zero-order chi connectivity index (χ0) is 20.6. The number of pyridine rings is 1. The molecule has 2 aromatic rings. The average molecular weight is 420 g/mol. The summed E-state index contributed by atoms with van der Waals surface area (Å²) in [4.78, 5) is 16.7. The van der Waals surface area contributed by atoms with Crippen molar-refractivity contribution >= 4 is 21.7 Å². The molecule has 0 bridgehead atoms. The van der Waals surface area contributed by atoms with Crippen molar-refractivity contribution in [1.29, 1.82) is 0 Å². The first-order chi connectivity index (χ1) is 13.9. The van der Waals surface area contributed by atoms with Gasteiger partial charge in [-0.25, -0.2) is 13.4 Å². The maximum Gasteiger partial charge on any atom is 0.273 e. The molecule has 156 valence electrons. The number of hydrogen-bond acceptors (Lipinski definition) is 7. The van der Waals surface area contributed by atoms with E-state index in [0.717, 1.165) is 18.6 Å². The van der Waals surface area contributed by atoms with Crippen molar-refractivity contribution in [3.05, 3.63) is 35.9 Å². The maximum atomic E-state index is 13.0. The van der Waals surface area contributed by atoms with Gasteiger partial charge < -0.3 is 15.2 Å². The number of amides is 1. The molecule has 1 saturated carbocycles. The number of nitrogens with one attached hydrogen (secondary N) is 2. The number of sulfonamides is 1. The molecule has 0 spiro atoms. The van der Waals surface area contributed by atoms with Gasteiger partial charge in [0.2, 0.25) is 10.0 Å². The van der Waals surface area contributed by atoms with E-state index in [0.29, 0.717) is 31.1 Å². The maximum absolute atomic E-state index is 13.0. The highest BCUT2D eigenvalue weighted by atomic mass is 32.2. The van der Waals surface area contributed by atoms with Crippen LogP contribution in [0.3, 0.4) is 0 Å². The molecule has 2 aromatic heterocycles. The zero-order valence-corrected chi connectivity index (χ0v) is 17.3. The van der Waals surface area contributed by atoms with Crippen LogP contribution in [-0.2, 0) is 10.0 Å². The minimum atomic E-state index is -3.64. The minimum absolute atomic E-state index is 0.116. The lowest BCUT2D eigenvalue weighted by Gasteiger charge is -2.36. The number of nitrogens with zero attached hydrogens (tertiary/aromatic N) is 3. The first-order valence-corrected chi connectivity index (χ1v) is 11.3. The fourth-order valence-electron chi connectivity index (χ4n) is 3.67. The van der Waals surface area contributed by atoms with E-state index in [2.05, 4.69) is 20.8 Å². The Balaban J connectivity index is 1.38. The van der Waals surface area contributed by atoms with Crippen LogP contribution in [0, 0.1) is 0 Å². The second-order valence-electron chi connectivity index (χ2n) is 7.68. The molecule has 2 N–H and O–H groups in total. The van der Waals surface area contributed by atoms with E-state index in [4.69, 9.17) is 4.52 Å². The SMILES string of the molecule is CNc1ccc(S(=O)(=O)N2CC[C@H](NC(=O)c3cc(C4CC4)on3)C[C@H]2C)cn1. The van der Waals surface area contributed by atoms with Crippen molar-refractivity contribution in [2.75, 3.05) is 18.9 Å². The average Bonchev–Trinajstić information content (AvgIpc) is 3.44. The van der Waals surface area contributed by atoms with Gasteiger partial charge in [-0.05, 0) is 44.7 Å². The van der Waals surface area contributed by atoms with Gasteiger partial charge in [0.25, 0.3) is 5.91 Å². The molecule has 10 heteroatoms. The quantitative estimate of drug-likeness (QED) is 0.735. The zero-order valence-electron chi connectivity index (χ0n) is 16.5. The molecule has 2 fully saturated rings. The van der Waals surface area contributed by atoms with Gasteiger partial charge in [-0.3, -0.25) is 4.79 Å². The summed E-state index contributed by atoms with van der Waals surface area (Å²) >= 11 is 0. The second-order valence-corrected chi connectivity index (χ2v) is 9.57. The summed E-state index contributed by atoms with van der Waals surface area (Å²) in [6.07, 6.45) is 4.58. The molecule has 0 aromatic carbocycles. The van der Waals surface area contributed by atoms with E-state index in [1.54, 1.807) is 25.2 Å². The van der Waals surface area contributed by atoms with Gasteiger partial charge in [-0.1, -0.05) is 5.16 Å². The van der Waals surface area contributed by atoms with E-state index in [1.165, 1.54) is 10.5 Å². The Morgan fingerprint density at radius 1 is 1.28 bits per heavy atom. The Bertz CT molecular complexity index is 984. The first kappa shape index (κ1) is 19.8. The van der Waals surface area contributed by atoms with Gasteiger partial charge >= 0.3 is 0 Å². The molecule has 29 heavy (non-hydrogen) atoms. The van der Waals surface area contributed by atoms with Crippen LogP contribution in [0.15, 0.2) is 33.8 Å². The molecule has 1 saturated heterocycles. The monoisotopic (exact) mass is 419 g/mol. The van der Waals surface area contributed by atoms with Crippen molar-refractivity contribution in [3.8, 4) is 0 Å². The molecule has 0 radical (unpaired) electrons. The summed E-state index contributed by atoms with van der Waals surface area (Å²) in [6.45, 7) is 2.18. The van der Waals surface area contributed by atoms with Crippen LogP contribution >= 0.6 is 0 Å². The molecule has 1 aliphatic heterocycles. The standard InChI is InChI=1S/C19H25N5O4S/c1-12-9-14(22-19(25)16-10-17(28-23-16)13-3-4-13)7-8-24(12)29(26,27)15-5-6-18(20-2)21-11-15/h5-6,10-14H,3-4,7-9H2,1-2H3,(H,20,21)(H,22,25)/t12-,14+/m1/s1. The third-order valence-corrected chi connectivity index (χ3v) is 7.49. The smallest absolute Gasteiger partial charge is 0.273 e. The van der Waals surface area contributed by atoms with E-state index in [1.807, 2.05) is 6.92 Å². The highest BCUT2D eigenvalue weighted by molar-refractivity contribution is 7.89. The summed E-state index contributed by atoms with van der Waals surface area (Å²) < 4.78 is 32.7. The van der Waals surface area contributed by atoms with Crippen molar-refractivity contribution in [1.82, 2.24) is 19.8 Å². The Hall–Kier alpha value is -2.46. The minimum Gasteiger partial charge on any atom is -0.373 e. The van der Waals surface area contributed by atoms with Gasteiger partial charge in [-0.2, -0.15) is 4.31 Å². The van der Waals surface area contributed by atoms with Gasteiger partial charge in [0.05, 0.1) is 0 Å². The number of piperidine rings is 1. The van der Waals surface area contributed by atoms with Crippen LogP contribution in [0.1, 0.15) is 54.8 Å². The van der Waals surface area contributed by atoms with Crippen molar-refractivity contribution in [2.45, 2.75) is 55.5 Å². The normalized spacial score (nSPS) is 23.0. The van der Waals surface area contributed by atoms with Gasteiger partial charge in [0.1, 0.15) is 16.5 Å². The van der Waals surface area contributed by atoms with Crippen molar-refractivity contribution < 1.29 is 17.7 Å². The fourth-order valence-corrected chi connectivity index (χ4v) is 5.27. The number of carbonyl (C=O) groups excluding carboxylic acids is 1. The predicted octanol–water partition coefficient (Wildman–Crippen LogP) is 1.96.